The quantitative estimate of drug-likeness (QED) is 0.375. The van der Waals surface area contributed by atoms with Crippen molar-refractivity contribution in [2.45, 2.75) is 37.6 Å². The Hall–Kier alpha value is -2.85. The Labute approximate surface area is 214 Å². The predicted octanol–water partition coefficient (Wildman–Crippen LogP) is 3.53. The third kappa shape index (κ3) is 6.67. The number of hydrogen-bond donors (Lipinski definition) is 2. The molecule has 0 amide bonds. The van der Waals surface area contributed by atoms with Crippen molar-refractivity contribution < 1.29 is 28.8 Å². The maximum absolute atomic E-state index is 13.7. The van der Waals surface area contributed by atoms with E-state index in [1.807, 2.05) is 33.9 Å². The first-order chi connectivity index (χ1) is 17.4. The molecule has 194 valence electrons. The summed E-state index contributed by atoms with van der Waals surface area (Å²) in [7, 11) is 1.60. The summed E-state index contributed by atoms with van der Waals surface area (Å²) in [4.78, 5) is 6.07. The lowest BCUT2D eigenvalue weighted by Crippen LogP contribution is -2.59. The molecule has 1 aliphatic heterocycles. The highest BCUT2D eigenvalue weighted by Gasteiger charge is 2.42. The van der Waals surface area contributed by atoms with Crippen molar-refractivity contribution in [3.8, 4) is 17.2 Å². The molecule has 0 spiro atoms. The second-order valence-electron chi connectivity index (χ2n) is 8.97. The maximum atomic E-state index is 13.7. The zero-order valence-electron chi connectivity index (χ0n) is 20.1. The molecule has 1 fully saturated rings. The van der Waals surface area contributed by atoms with Gasteiger partial charge < -0.3 is 29.0 Å². The van der Waals surface area contributed by atoms with Gasteiger partial charge in [-0.2, -0.15) is 0 Å². The number of nitrogens with zero attached hydrogens (tertiary/aromatic N) is 3. The number of β-amino-alcohol motifs (C(OH)–C–C–N with tert-alkyl or cyclic N) is 1. The number of hydrogen-bond acceptors (Lipinski definition) is 7. The fraction of sp³-hybridized carbons (Fsp3) is 0.423. The highest BCUT2D eigenvalue weighted by molar-refractivity contribution is 6.30. The number of halogens is 2. The van der Waals surface area contributed by atoms with Crippen LogP contribution in [-0.4, -0.2) is 69.8 Å². The molecule has 1 aliphatic rings. The van der Waals surface area contributed by atoms with E-state index in [2.05, 4.69) is 4.98 Å². The highest BCUT2D eigenvalue weighted by atomic mass is 35.5. The standard InChI is InChI=1S/C26H31ClFN3O5/c1-34-24-13-19(3-6-23(24)35-12-2-9-30-11-8-29-18-30)15-31-10-7-25(32)26(33,16-31)17-36-20-4-5-21(27)22(28)14-20/h3-6,8,11,13-14,18,25,32-33H,2,7,9-10,12,15-17H2,1H3/t25-,26-/m0/s1. The van der Waals surface area contributed by atoms with Crippen LogP contribution in [0.4, 0.5) is 4.39 Å². The molecule has 36 heavy (non-hydrogen) atoms. The van der Waals surface area contributed by atoms with E-state index in [0.29, 0.717) is 37.6 Å². The van der Waals surface area contributed by atoms with Crippen LogP contribution in [0.2, 0.25) is 5.02 Å². The number of aromatic nitrogens is 2. The molecule has 2 aromatic carbocycles. The third-order valence-corrected chi connectivity index (χ3v) is 6.53. The first kappa shape index (κ1) is 26.2. The van der Waals surface area contributed by atoms with Crippen LogP contribution < -0.4 is 14.2 Å². The molecule has 0 bridgehead atoms. The Balaban J connectivity index is 1.32. The van der Waals surface area contributed by atoms with Gasteiger partial charge in [0.2, 0.25) is 0 Å². The van der Waals surface area contributed by atoms with Gasteiger partial charge in [0.15, 0.2) is 11.5 Å². The smallest absolute Gasteiger partial charge is 0.161 e. The number of methoxy groups -OCH3 is 1. The number of piperidine rings is 1. The fourth-order valence-corrected chi connectivity index (χ4v) is 4.35. The SMILES string of the molecule is COc1cc(CN2CC[C@H](O)[C@@](O)(COc3ccc(Cl)c(F)c3)C2)ccc1OCCCn1ccnc1. The topological polar surface area (TPSA) is 89.2 Å². The number of aliphatic hydroxyl groups excluding tert-OH is 1. The van der Waals surface area contributed by atoms with Gasteiger partial charge in [-0.3, -0.25) is 4.90 Å². The second-order valence-corrected chi connectivity index (χ2v) is 9.38. The van der Waals surface area contributed by atoms with E-state index < -0.39 is 17.5 Å². The van der Waals surface area contributed by atoms with Crippen LogP contribution in [0.3, 0.4) is 0 Å². The van der Waals surface area contributed by atoms with Crippen molar-refractivity contribution in [2.75, 3.05) is 33.4 Å². The minimum Gasteiger partial charge on any atom is -0.493 e. The highest BCUT2D eigenvalue weighted by Crippen LogP contribution is 2.30. The minimum atomic E-state index is -1.50. The molecule has 2 N–H and O–H groups in total. The molecule has 0 radical (unpaired) electrons. The number of rotatable bonds is 11. The number of aliphatic hydroxyl groups is 2. The van der Waals surface area contributed by atoms with Crippen LogP contribution in [0.25, 0.3) is 0 Å². The van der Waals surface area contributed by atoms with E-state index in [0.717, 1.165) is 24.6 Å². The van der Waals surface area contributed by atoms with Crippen molar-refractivity contribution in [3.63, 3.8) is 0 Å². The molecular formula is C26H31ClFN3O5. The van der Waals surface area contributed by atoms with E-state index in [9.17, 15) is 14.6 Å². The molecule has 0 unspecified atom stereocenters. The summed E-state index contributed by atoms with van der Waals surface area (Å²) in [5, 5.41) is 21.6. The van der Waals surface area contributed by atoms with E-state index in [4.69, 9.17) is 25.8 Å². The Morgan fingerprint density at radius 1 is 1.19 bits per heavy atom. The molecule has 10 heteroatoms. The Bertz CT molecular complexity index is 1130. The van der Waals surface area contributed by atoms with Crippen LogP contribution >= 0.6 is 11.6 Å². The van der Waals surface area contributed by atoms with Gasteiger partial charge in [-0.25, -0.2) is 9.37 Å². The molecule has 1 saturated heterocycles. The van der Waals surface area contributed by atoms with E-state index in [1.54, 1.807) is 19.6 Å². The van der Waals surface area contributed by atoms with Gasteiger partial charge in [0.05, 0.1) is 31.2 Å². The Morgan fingerprint density at radius 3 is 2.81 bits per heavy atom. The van der Waals surface area contributed by atoms with Crippen molar-refractivity contribution in [1.29, 1.82) is 0 Å². The van der Waals surface area contributed by atoms with Crippen molar-refractivity contribution in [1.82, 2.24) is 14.5 Å². The number of likely N-dealkylation sites (tertiary alicyclic amines) is 1. The number of imidazole rings is 1. The van der Waals surface area contributed by atoms with Crippen LogP contribution in [0.1, 0.15) is 18.4 Å². The lowest BCUT2D eigenvalue weighted by molar-refractivity contribution is -0.140. The summed E-state index contributed by atoms with van der Waals surface area (Å²) in [6, 6.07) is 9.84. The average Bonchev–Trinajstić information content (AvgIpc) is 3.39. The van der Waals surface area contributed by atoms with Crippen molar-refractivity contribution >= 4 is 11.6 Å². The van der Waals surface area contributed by atoms with Gasteiger partial charge >= 0.3 is 0 Å². The van der Waals surface area contributed by atoms with Gasteiger partial charge in [-0.1, -0.05) is 17.7 Å². The molecule has 1 aromatic heterocycles. The molecular weight excluding hydrogens is 489 g/mol. The Morgan fingerprint density at radius 2 is 2.06 bits per heavy atom. The lowest BCUT2D eigenvalue weighted by atomic mass is 9.90. The van der Waals surface area contributed by atoms with Crippen LogP contribution in [0, 0.1) is 5.82 Å². The zero-order valence-corrected chi connectivity index (χ0v) is 20.9. The van der Waals surface area contributed by atoms with Gasteiger partial charge in [0.1, 0.15) is 23.8 Å². The number of aryl methyl sites for hydroxylation is 1. The van der Waals surface area contributed by atoms with Gasteiger partial charge in [-0.15, -0.1) is 0 Å². The molecule has 0 aliphatic carbocycles. The largest absolute Gasteiger partial charge is 0.493 e. The van der Waals surface area contributed by atoms with Crippen molar-refractivity contribution in [2.24, 2.45) is 0 Å². The molecule has 2 heterocycles. The van der Waals surface area contributed by atoms with E-state index >= 15 is 0 Å². The first-order valence-corrected chi connectivity index (χ1v) is 12.2. The molecule has 8 nitrogen and oxygen atoms in total. The van der Waals surface area contributed by atoms with Crippen LogP contribution in [0.5, 0.6) is 17.2 Å². The predicted molar refractivity (Wildman–Crippen MR) is 133 cm³/mol. The van der Waals surface area contributed by atoms with Crippen molar-refractivity contribution in [3.05, 3.63) is 71.5 Å². The first-order valence-electron chi connectivity index (χ1n) is 11.8. The molecule has 2 atom stereocenters. The zero-order chi connectivity index (χ0) is 25.5. The van der Waals surface area contributed by atoms with E-state index in [-0.39, 0.29) is 23.9 Å². The minimum absolute atomic E-state index is 0.00809. The number of benzene rings is 2. The second kappa shape index (κ2) is 11.9. The van der Waals surface area contributed by atoms with Gasteiger partial charge in [0, 0.05) is 44.6 Å². The van der Waals surface area contributed by atoms with Crippen LogP contribution in [-0.2, 0) is 13.1 Å². The summed E-state index contributed by atoms with van der Waals surface area (Å²) in [5.74, 6) is 0.933. The Kier molecular flexibility index (Phi) is 8.68. The number of ether oxygens (including phenoxy) is 3. The summed E-state index contributed by atoms with van der Waals surface area (Å²) in [5.41, 5.74) is -0.520. The normalized spacial score (nSPS) is 20.3. The maximum Gasteiger partial charge on any atom is 0.161 e. The van der Waals surface area contributed by atoms with E-state index in [1.165, 1.54) is 12.1 Å². The summed E-state index contributed by atoms with van der Waals surface area (Å²) < 4.78 is 32.7. The lowest BCUT2D eigenvalue weighted by Gasteiger charge is -2.42. The summed E-state index contributed by atoms with van der Waals surface area (Å²) >= 11 is 5.71. The monoisotopic (exact) mass is 519 g/mol. The van der Waals surface area contributed by atoms with Gasteiger partial charge in [0.25, 0.3) is 0 Å². The third-order valence-electron chi connectivity index (χ3n) is 6.23. The molecule has 0 saturated carbocycles. The van der Waals surface area contributed by atoms with Crippen LogP contribution in [0.15, 0.2) is 55.1 Å². The average molecular weight is 520 g/mol. The molecule has 3 aromatic rings. The van der Waals surface area contributed by atoms with Gasteiger partial charge in [-0.05, 0) is 42.7 Å². The summed E-state index contributed by atoms with van der Waals surface area (Å²) in [6.45, 7) is 2.53. The molecule has 4 rings (SSSR count). The summed E-state index contributed by atoms with van der Waals surface area (Å²) in [6.07, 6.45) is 5.70. The fourth-order valence-electron chi connectivity index (χ4n) is 4.23.